The molecule has 0 unspecified atom stereocenters. The Hall–Kier alpha value is -2.24. The zero-order valence-electron chi connectivity index (χ0n) is 11.5. The first-order valence-electron chi connectivity index (χ1n) is 6.62. The number of aryl methyl sites for hydroxylation is 1. The fraction of sp³-hybridized carbons (Fsp3) is 0.429. The van der Waals surface area contributed by atoms with Crippen LogP contribution in [0.4, 0.5) is 5.69 Å². The van der Waals surface area contributed by atoms with Gasteiger partial charge in [0, 0.05) is 19.2 Å². The minimum absolute atomic E-state index is 0.128. The smallest absolute Gasteiger partial charge is 0.269 e. The molecule has 20 heavy (non-hydrogen) atoms. The third-order valence-corrected chi connectivity index (χ3v) is 4.14. The van der Waals surface area contributed by atoms with Crippen molar-refractivity contribution in [3.8, 4) is 0 Å². The lowest BCUT2D eigenvalue weighted by molar-refractivity contribution is -0.385. The van der Waals surface area contributed by atoms with Crippen LogP contribution in [0.2, 0.25) is 0 Å². The summed E-state index contributed by atoms with van der Waals surface area (Å²) in [5.74, 6) is 1.47. The Morgan fingerprint density at radius 1 is 1.45 bits per heavy atom. The van der Waals surface area contributed by atoms with Crippen molar-refractivity contribution in [3.63, 3.8) is 0 Å². The molecule has 1 heterocycles. The third-order valence-electron chi connectivity index (χ3n) is 4.14. The average molecular weight is 272 g/mol. The maximum Gasteiger partial charge on any atom is 0.269 e. The maximum atomic E-state index is 11.0. The molecule has 1 aliphatic carbocycles. The van der Waals surface area contributed by atoms with Gasteiger partial charge in [0.05, 0.1) is 10.3 Å². The van der Waals surface area contributed by atoms with Crippen LogP contribution in [0.5, 0.6) is 0 Å². The lowest BCUT2D eigenvalue weighted by atomic mass is 9.58. The lowest BCUT2D eigenvalue weighted by Gasteiger charge is -2.45. The molecule has 0 bridgehead atoms. The van der Waals surface area contributed by atoms with E-state index in [1.165, 1.54) is 6.07 Å². The molecule has 6 nitrogen and oxygen atoms in total. The van der Waals surface area contributed by atoms with Gasteiger partial charge in [-0.2, -0.15) is 0 Å². The van der Waals surface area contributed by atoms with Gasteiger partial charge in [-0.1, -0.05) is 19.1 Å². The Morgan fingerprint density at radius 3 is 2.75 bits per heavy atom. The highest BCUT2D eigenvalue weighted by Crippen LogP contribution is 2.51. The number of rotatable bonds is 3. The van der Waals surface area contributed by atoms with Gasteiger partial charge in [0.1, 0.15) is 12.2 Å². The number of hydrogen-bond acceptors (Lipinski definition) is 4. The second-order valence-corrected chi connectivity index (χ2v) is 5.67. The summed E-state index contributed by atoms with van der Waals surface area (Å²) in [7, 11) is 1.91. The Kier molecular flexibility index (Phi) is 2.81. The predicted octanol–water partition coefficient (Wildman–Crippen LogP) is 2.44. The van der Waals surface area contributed by atoms with Crippen LogP contribution < -0.4 is 0 Å². The van der Waals surface area contributed by atoms with Crippen molar-refractivity contribution in [2.24, 2.45) is 13.0 Å². The first-order chi connectivity index (χ1) is 9.53. The summed E-state index contributed by atoms with van der Waals surface area (Å²) in [6, 6.07) is 6.89. The van der Waals surface area contributed by atoms with Gasteiger partial charge in [-0.3, -0.25) is 10.1 Å². The Labute approximate surface area is 116 Å². The van der Waals surface area contributed by atoms with Crippen molar-refractivity contribution in [2.75, 3.05) is 0 Å². The molecule has 0 saturated heterocycles. The number of non-ortho nitro benzene ring substituents is 1. The van der Waals surface area contributed by atoms with Crippen LogP contribution in [-0.2, 0) is 12.5 Å². The summed E-state index contributed by atoms with van der Waals surface area (Å²) in [4.78, 5) is 10.6. The molecule has 1 saturated carbocycles. The number of benzene rings is 1. The molecule has 1 fully saturated rings. The second-order valence-electron chi connectivity index (χ2n) is 5.67. The standard InChI is InChI=1S/C14H16N4O2/c1-10-7-14(8-10,13-16-15-9-17(13)2)11-4-3-5-12(6-11)18(19)20/h3-6,9-10H,7-8H2,1-2H3. The average Bonchev–Trinajstić information content (AvgIpc) is 2.81. The minimum atomic E-state index is -0.351. The largest absolute Gasteiger partial charge is 0.320 e. The lowest BCUT2D eigenvalue weighted by Crippen LogP contribution is -2.43. The molecular weight excluding hydrogens is 256 g/mol. The highest BCUT2D eigenvalue weighted by Gasteiger charge is 2.48. The van der Waals surface area contributed by atoms with E-state index in [-0.39, 0.29) is 16.0 Å². The van der Waals surface area contributed by atoms with Crippen LogP contribution in [0.1, 0.15) is 31.2 Å². The van der Waals surface area contributed by atoms with E-state index in [0.717, 1.165) is 24.2 Å². The Bertz CT molecular complexity index is 659. The maximum absolute atomic E-state index is 11.0. The van der Waals surface area contributed by atoms with Gasteiger partial charge in [0.15, 0.2) is 0 Å². The van der Waals surface area contributed by atoms with Crippen LogP contribution in [0.3, 0.4) is 0 Å². The quantitative estimate of drug-likeness (QED) is 0.635. The first-order valence-corrected chi connectivity index (χ1v) is 6.62. The van der Waals surface area contributed by atoms with Crippen molar-refractivity contribution < 1.29 is 4.92 Å². The number of nitro groups is 1. The molecular formula is C14H16N4O2. The molecule has 3 rings (SSSR count). The van der Waals surface area contributed by atoms with Gasteiger partial charge in [-0.05, 0) is 24.3 Å². The van der Waals surface area contributed by atoms with Crippen LogP contribution in [0, 0.1) is 16.0 Å². The molecule has 6 heteroatoms. The molecule has 1 aromatic heterocycles. The molecule has 104 valence electrons. The topological polar surface area (TPSA) is 73.8 Å². The fourth-order valence-corrected chi connectivity index (χ4v) is 3.31. The predicted molar refractivity (Wildman–Crippen MR) is 73.3 cm³/mol. The molecule has 0 radical (unpaired) electrons. The third kappa shape index (κ3) is 1.79. The fourth-order valence-electron chi connectivity index (χ4n) is 3.31. The molecule has 1 aromatic carbocycles. The summed E-state index contributed by atoms with van der Waals surface area (Å²) < 4.78 is 1.91. The molecule has 0 amide bonds. The molecule has 0 atom stereocenters. The summed E-state index contributed by atoms with van der Waals surface area (Å²) in [6.07, 6.45) is 3.57. The zero-order chi connectivity index (χ0) is 14.3. The summed E-state index contributed by atoms with van der Waals surface area (Å²) >= 11 is 0. The van der Waals surface area contributed by atoms with Crippen molar-refractivity contribution in [2.45, 2.75) is 25.2 Å². The van der Waals surface area contributed by atoms with Crippen molar-refractivity contribution in [3.05, 3.63) is 52.1 Å². The van der Waals surface area contributed by atoms with Gasteiger partial charge in [0.2, 0.25) is 0 Å². The van der Waals surface area contributed by atoms with Crippen molar-refractivity contribution in [1.82, 2.24) is 14.8 Å². The number of nitrogens with zero attached hydrogens (tertiary/aromatic N) is 4. The van der Waals surface area contributed by atoms with Crippen LogP contribution in [0.25, 0.3) is 0 Å². The van der Waals surface area contributed by atoms with Crippen LogP contribution in [-0.4, -0.2) is 19.7 Å². The van der Waals surface area contributed by atoms with E-state index < -0.39 is 0 Å². The van der Waals surface area contributed by atoms with E-state index in [1.807, 2.05) is 17.7 Å². The second kappa shape index (κ2) is 4.40. The molecule has 0 aliphatic heterocycles. The highest BCUT2D eigenvalue weighted by atomic mass is 16.6. The molecule has 0 spiro atoms. The first kappa shape index (κ1) is 12.8. The van der Waals surface area contributed by atoms with Crippen LogP contribution >= 0.6 is 0 Å². The number of hydrogen-bond donors (Lipinski definition) is 0. The van der Waals surface area contributed by atoms with E-state index in [4.69, 9.17) is 0 Å². The van der Waals surface area contributed by atoms with Gasteiger partial charge >= 0.3 is 0 Å². The van der Waals surface area contributed by atoms with Gasteiger partial charge in [0.25, 0.3) is 5.69 Å². The van der Waals surface area contributed by atoms with E-state index in [1.54, 1.807) is 18.5 Å². The monoisotopic (exact) mass is 272 g/mol. The Balaban J connectivity index is 2.10. The van der Waals surface area contributed by atoms with Crippen LogP contribution in [0.15, 0.2) is 30.6 Å². The van der Waals surface area contributed by atoms with Gasteiger partial charge in [-0.25, -0.2) is 0 Å². The van der Waals surface area contributed by atoms with E-state index in [9.17, 15) is 10.1 Å². The summed E-state index contributed by atoms with van der Waals surface area (Å²) in [6.45, 7) is 2.19. The van der Waals surface area contributed by atoms with Crippen molar-refractivity contribution in [1.29, 1.82) is 0 Å². The molecule has 2 aromatic rings. The van der Waals surface area contributed by atoms with E-state index in [2.05, 4.69) is 17.1 Å². The summed E-state index contributed by atoms with van der Waals surface area (Å²) in [5, 5.41) is 19.2. The highest BCUT2D eigenvalue weighted by molar-refractivity contribution is 5.43. The summed E-state index contributed by atoms with van der Waals surface area (Å²) in [5.41, 5.74) is 0.848. The molecule has 1 aliphatic rings. The number of nitro benzene ring substituents is 1. The Morgan fingerprint density at radius 2 is 2.20 bits per heavy atom. The normalized spacial score (nSPS) is 25.2. The van der Waals surface area contributed by atoms with Gasteiger partial charge in [-0.15, -0.1) is 10.2 Å². The zero-order valence-corrected chi connectivity index (χ0v) is 11.5. The minimum Gasteiger partial charge on any atom is -0.320 e. The number of aromatic nitrogens is 3. The SMILES string of the molecule is CC1CC(c2cccc([N+](=O)[O-])c2)(c2nncn2C)C1. The van der Waals surface area contributed by atoms with E-state index in [0.29, 0.717) is 5.92 Å². The van der Waals surface area contributed by atoms with E-state index >= 15 is 0 Å². The van der Waals surface area contributed by atoms with Gasteiger partial charge < -0.3 is 4.57 Å². The van der Waals surface area contributed by atoms with Crippen molar-refractivity contribution >= 4 is 5.69 Å². The molecule has 0 N–H and O–H groups in total.